The summed E-state index contributed by atoms with van der Waals surface area (Å²) in [5.74, 6) is 1.12. The molecule has 0 saturated heterocycles. The molecule has 5 nitrogen and oxygen atoms in total. The van der Waals surface area contributed by atoms with E-state index in [4.69, 9.17) is 32.7 Å². The lowest BCUT2D eigenvalue weighted by atomic mass is 10.1. The predicted molar refractivity (Wildman–Crippen MR) is 126 cm³/mol. The number of benzene rings is 3. The number of para-hydroxylation sites is 1. The molecule has 1 amide bonds. The van der Waals surface area contributed by atoms with Crippen LogP contribution in [0.1, 0.15) is 25.0 Å². The number of hydrogen-bond donors (Lipinski definition) is 1. The number of halogens is 2. The molecular formula is C23H18Cl2N2O3S. The number of nitrogens with one attached hydrogen (secondary N) is 1. The van der Waals surface area contributed by atoms with Gasteiger partial charge in [0, 0.05) is 15.6 Å². The lowest BCUT2D eigenvalue weighted by Crippen LogP contribution is -2.16. The van der Waals surface area contributed by atoms with Crippen molar-refractivity contribution in [3.05, 3.63) is 82.3 Å². The Hall–Kier alpha value is -2.80. The molecule has 8 heteroatoms. The lowest BCUT2D eigenvalue weighted by molar-refractivity contribution is 0.202. The topological polar surface area (TPSA) is 60.5 Å². The fourth-order valence-corrected chi connectivity index (χ4v) is 4.59. The van der Waals surface area contributed by atoms with Gasteiger partial charge in [0.25, 0.3) is 0 Å². The van der Waals surface area contributed by atoms with E-state index in [1.54, 1.807) is 36.4 Å². The molecule has 1 N–H and O–H groups in total. The predicted octanol–water partition coefficient (Wildman–Crippen LogP) is 7.74. The molecular weight excluding hydrogens is 455 g/mol. The molecule has 0 bridgehead atoms. The maximum absolute atomic E-state index is 12.1. The zero-order valence-electron chi connectivity index (χ0n) is 16.5. The number of rotatable bonds is 6. The van der Waals surface area contributed by atoms with Crippen molar-refractivity contribution in [2.24, 2.45) is 0 Å². The van der Waals surface area contributed by atoms with Crippen LogP contribution in [-0.4, -0.2) is 11.1 Å². The van der Waals surface area contributed by atoms with Crippen LogP contribution in [0.4, 0.5) is 9.93 Å². The van der Waals surface area contributed by atoms with Gasteiger partial charge in [-0.2, -0.15) is 0 Å². The van der Waals surface area contributed by atoms with Crippen LogP contribution in [0.25, 0.3) is 10.2 Å². The number of anilines is 1. The number of ether oxygens (including phenoxy) is 2. The minimum absolute atomic E-state index is 0.287. The highest BCUT2D eigenvalue weighted by Gasteiger charge is 2.19. The molecule has 31 heavy (non-hydrogen) atoms. The first-order chi connectivity index (χ1) is 15.0. The van der Waals surface area contributed by atoms with Crippen molar-refractivity contribution in [3.63, 3.8) is 0 Å². The summed E-state index contributed by atoms with van der Waals surface area (Å²) in [7, 11) is 0. The highest BCUT2D eigenvalue weighted by molar-refractivity contribution is 7.22. The van der Waals surface area contributed by atoms with Crippen molar-refractivity contribution >= 4 is 56.0 Å². The number of thiazole rings is 1. The average molecular weight is 473 g/mol. The number of carbonyl (C=O) groups excluding carboxylic acids is 1. The number of nitrogens with zero attached hydrogens (tertiary/aromatic N) is 1. The molecule has 0 aliphatic heterocycles. The van der Waals surface area contributed by atoms with E-state index in [1.165, 1.54) is 11.3 Å². The fraction of sp³-hybridized carbons (Fsp3) is 0.130. The van der Waals surface area contributed by atoms with E-state index in [9.17, 15) is 4.79 Å². The number of amides is 1. The zero-order valence-corrected chi connectivity index (χ0v) is 18.8. The number of hydrogen-bond acceptors (Lipinski definition) is 5. The average Bonchev–Trinajstić information content (AvgIpc) is 3.14. The van der Waals surface area contributed by atoms with Gasteiger partial charge in [0.1, 0.15) is 17.6 Å². The van der Waals surface area contributed by atoms with E-state index in [0.717, 1.165) is 15.8 Å². The molecule has 0 radical (unpaired) electrons. The first-order valence-corrected chi connectivity index (χ1v) is 11.2. The third-order valence-electron chi connectivity index (χ3n) is 4.49. The van der Waals surface area contributed by atoms with Gasteiger partial charge >= 0.3 is 6.09 Å². The Kier molecular flexibility index (Phi) is 6.61. The number of aromatic nitrogens is 1. The third kappa shape index (κ3) is 5.10. The van der Waals surface area contributed by atoms with E-state index >= 15 is 0 Å². The molecule has 4 aromatic rings. The summed E-state index contributed by atoms with van der Waals surface area (Å²) in [4.78, 5) is 16.5. The summed E-state index contributed by atoms with van der Waals surface area (Å²) in [5, 5.41) is 4.24. The fourth-order valence-electron chi connectivity index (χ4n) is 3.07. The maximum atomic E-state index is 12.1. The third-order valence-corrected chi connectivity index (χ3v) is 6.09. The maximum Gasteiger partial charge on any atom is 0.418 e. The molecule has 1 aromatic heterocycles. The number of fused-ring (bicyclic) bond motifs is 1. The van der Waals surface area contributed by atoms with Crippen molar-refractivity contribution in [1.82, 2.24) is 4.98 Å². The van der Waals surface area contributed by atoms with Gasteiger partial charge in [-0.1, -0.05) is 65.7 Å². The molecule has 4 rings (SSSR count). The monoisotopic (exact) mass is 472 g/mol. The van der Waals surface area contributed by atoms with E-state index in [0.29, 0.717) is 33.1 Å². The van der Waals surface area contributed by atoms with Gasteiger partial charge in [-0.05, 0) is 48.9 Å². The molecule has 158 valence electrons. The van der Waals surface area contributed by atoms with E-state index in [2.05, 4.69) is 10.3 Å². The Bertz CT molecular complexity index is 1190. The van der Waals surface area contributed by atoms with Crippen LogP contribution in [0.2, 0.25) is 10.0 Å². The van der Waals surface area contributed by atoms with Gasteiger partial charge in [-0.3, -0.25) is 5.32 Å². The van der Waals surface area contributed by atoms with Crippen molar-refractivity contribution in [3.8, 4) is 11.5 Å². The van der Waals surface area contributed by atoms with E-state index < -0.39 is 6.09 Å². The zero-order chi connectivity index (χ0) is 21.8. The summed E-state index contributed by atoms with van der Waals surface area (Å²) in [6.07, 6.45) is -0.186. The van der Waals surface area contributed by atoms with Gasteiger partial charge in [-0.25, -0.2) is 9.78 Å². The molecule has 1 atom stereocenters. The summed E-state index contributed by atoms with van der Waals surface area (Å²) in [6.45, 7) is 2.01. The van der Waals surface area contributed by atoms with Crippen LogP contribution in [0.15, 0.2) is 66.7 Å². The van der Waals surface area contributed by atoms with Crippen LogP contribution in [0, 0.1) is 0 Å². The molecule has 0 aliphatic rings. The second-order valence-corrected chi connectivity index (χ2v) is 8.47. The Labute approximate surface area is 193 Å². The van der Waals surface area contributed by atoms with Crippen LogP contribution in [-0.2, 0) is 0 Å². The Morgan fingerprint density at radius 2 is 1.77 bits per heavy atom. The number of carbonyl (C=O) groups is 1. The first kappa shape index (κ1) is 21.4. The van der Waals surface area contributed by atoms with Crippen LogP contribution < -0.4 is 14.8 Å². The van der Waals surface area contributed by atoms with Gasteiger partial charge < -0.3 is 9.47 Å². The quantitative estimate of drug-likeness (QED) is 0.311. The van der Waals surface area contributed by atoms with E-state index in [1.807, 2.05) is 37.3 Å². The van der Waals surface area contributed by atoms with Gasteiger partial charge in [-0.15, -0.1) is 0 Å². The summed E-state index contributed by atoms with van der Waals surface area (Å²) in [6, 6.07) is 19.8. The second kappa shape index (κ2) is 9.56. The molecule has 0 fully saturated rings. The van der Waals surface area contributed by atoms with Crippen molar-refractivity contribution in [2.45, 2.75) is 19.4 Å². The van der Waals surface area contributed by atoms with Crippen molar-refractivity contribution in [2.75, 3.05) is 5.32 Å². The van der Waals surface area contributed by atoms with E-state index in [-0.39, 0.29) is 6.10 Å². The Morgan fingerprint density at radius 1 is 1.03 bits per heavy atom. The minimum Gasteiger partial charge on any atom is -0.486 e. The summed E-state index contributed by atoms with van der Waals surface area (Å²) >= 11 is 14.0. The normalized spacial score (nSPS) is 11.8. The molecule has 0 saturated carbocycles. The highest BCUT2D eigenvalue weighted by Crippen LogP contribution is 2.36. The largest absolute Gasteiger partial charge is 0.486 e. The van der Waals surface area contributed by atoms with Crippen molar-refractivity contribution in [1.29, 1.82) is 0 Å². The molecule has 0 aliphatic carbocycles. The molecule has 1 unspecified atom stereocenters. The van der Waals surface area contributed by atoms with Gasteiger partial charge in [0.2, 0.25) is 0 Å². The summed E-state index contributed by atoms with van der Waals surface area (Å²) < 4.78 is 12.3. The lowest BCUT2D eigenvalue weighted by Gasteiger charge is -2.20. The molecule has 1 heterocycles. The van der Waals surface area contributed by atoms with Crippen LogP contribution >= 0.6 is 34.5 Å². The Morgan fingerprint density at radius 3 is 2.48 bits per heavy atom. The summed E-state index contributed by atoms with van der Waals surface area (Å²) in [5.41, 5.74) is 1.51. The van der Waals surface area contributed by atoms with Gasteiger partial charge in [0.05, 0.1) is 10.2 Å². The Balaban J connectivity index is 1.50. The van der Waals surface area contributed by atoms with Crippen LogP contribution in [0.5, 0.6) is 11.5 Å². The molecule has 0 spiro atoms. The van der Waals surface area contributed by atoms with Crippen molar-refractivity contribution < 1.29 is 14.3 Å². The second-order valence-electron chi connectivity index (χ2n) is 6.63. The van der Waals surface area contributed by atoms with Gasteiger partial charge in [0.15, 0.2) is 5.13 Å². The minimum atomic E-state index is -0.596. The van der Waals surface area contributed by atoms with Crippen LogP contribution in [0.3, 0.4) is 0 Å². The smallest absolute Gasteiger partial charge is 0.418 e. The highest BCUT2D eigenvalue weighted by atomic mass is 35.5. The first-order valence-electron chi connectivity index (χ1n) is 9.58. The SMILES string of the molecule is CCC(Oc1ccc2nc(NC(=O)Oc3ccccc3)sc2c1)c1c(Cl)cccc1Cl. The standard InChI is InChI=1S/C23H18Cl2N2O3S/c1-2-19(21-16(24)9-6-10-17(21)25)29-15-11-12-18-20(13-15)31-22(26-18)27-23(28)30-14-7-4-3-5-8-14/h3-13,19H,2H2,1H3,(H,26,27,28). The molecule has 3 aromatic carbocycles.